The molecule has 0 aromatic heterocycles. The number of carbonyl (C=O) groups excluding carboxylic acids is 1. The monoisotopic (exact) mass is 402 g/mol. The van der Waals surface area contributed by atoms with E-state index >= 15 is 0 Å². The van der Waals surface area contributed by atoms with Crippen LogP contribution < -0.4 is 5.32 Å². The van der Waals surface area contributed by atoms with Crippen molar-refractivity contribution in [3.05, 3.63) is 34.3 Å². The van der Waals surface area contributed by atoms with Crippen LogP contribution in [-0.4, -0.2) is 37.5 Å². The molecule has 5 heteroatoms. The fraction of sp³-hybridized carbons (Fsp3) is 0.611. The molecule has 1 N–H and O–H groups in total. The van der Waals surface area contributed by atoms with Crippen molar-refractivity contribution in [2.45, 2.75) is 32.6 Å². The molecule has 0 spiro atoms. The van der Waals surface area contributed by atoms with Gasteiger partial charge < -0.3 is 10.2 Å². The van der Waals surface area contributed by atoms with Crippen molar-refractivity contribution in [1.29, 1.82) is 0 Å². The first kappa shape index (κ1) is 20.5. The van der Waals surface area contributed by atoms with Gasteiger partial charge in [0.05, 0.1) is 0 Å². The highest BCUT2D eigenvalue weighted by Crippen LogP contribution is 2.23. The van der Waals surface area contributed by atoms with Crippen molar-refractivity contribution in [1.82, 2.24) is 10.2 Å². The Balaban J connectivity index is 0.00000264. The minimum absolute atomic E-state index is 0. The molecule has 0 aliphatic carbocycles. The maximum atomic E-state index is 12.4. The quantitative estimate of drug-likeness (QED) is 0.781. The van der Waals surface area contributed by atoms with Crippen molar-refractivity contribution in [3.8, 4) is 0 Å². The second-order valence-corrected chi connectivity index (χ2v) is 7.40. The number of likely N-dealkylation sites (N-methyl/N-ethyl adjacent to an activating group) is 1. The van der Waals surface area contributed by atoms with Crippen LogP contribution in [0, 0.1) is 11.8 Å². The van der Waals surface area contributed by atoms with E-state index in [4.69, 9.17) is 0 Å². The zero-order valence-corrected chi connectivity index (χ0v) is 16.5. The lowest BCUT2D eigenvalue weighted by molar-refractivity contribution is -0.131. The molecule has 0 saturated carbocycles. The Hall–Kier alpha value is -0.580. The van der Waals surface area contributed by atoms with E-state index < -0.39 is 0 Å². The number of hydrogen-bond donors (Lipinski definition) is 1. The number of nitrogens with zero attached hydrogens (tertiary/aromatic N) is 1. The smallest absolute Gasteiger partial charge is 0.222 e. The largest absolute Gasteiger partial charge is 0.345 e. The average Bonchev–Trinajstić information content (AvgIpc) is 2.54. The third-order valence-corrected chi connectivity index (χ3v) is 5.24. The summed E-state index contributed by atoms with van der Waals surface area (Å²) in [6.07, 6.45) is 4.07. The summed E-state index contributed by atoms with van der Waals surface area (Å²) in [6.45, 7) is 5.20. The number of rotatable bonds is 6. The van der Waals surface area contributed by atoms with E-state index in [1.807, 2.05) is 11.9 Å². The second kappa shape index (κ2) is 10.3. The minimum Gasteiger partial charge on any atom is -0.345 e. The Labute approximate surface area is 154 Å². The molecule has 2 rings (SSSR count). The Bertz CT molecular complexity index is 474. The number of nitrogens with one attached hydrogen (secondary N) is 1. The van der Waals surface area contributed by atoms with E-state index in [1.165, 1.54) is 18.4 Å². The number of amides is 1. The Kier molecular flexibility index (Phi) is 9.18. The molecule has 130 valence electrons. The summed E-state index contributed by atoms with van der Waals surface area (Å²) in [5.41, 5.74) is 1.27. The SMILES string of the molecule is CC(CC(=O)N(C)CCc1ccc(Br)cc1)C1CCCNC1.Cl. The average molecular weight is 404 g/mol. The predicted octanol–water partition coefficient (Wildman–Crippen LogP) is 3.90. The Morgan fingerprint density at radius 2 is 2.09 bits per heavy atom. The van der Waals surface area contributed by atoms with Crippen LogP contribution in [0.4, 0.5) is 0 Å². The van der Waals surface area contributed by atoms with Crippen LogP contribution in [0.15, 0.2) is 28.7 Å². The lowest BCUT2D eigenvalue weighted by Gasteiger charge is -2.29. The molecule has 1 fully saturated rings. The lowest BCUT2D eigenvalue weighted by atomic mass is 9.85. The summed E-state index contributed by atoms with van der Waals surface area (Å²) in [7, 11) is 1.92. The van der Waals surface area contributed by atoms with E-state index in [0.717, 1.165) is 30.5 Å². The maximum Gasteiger partial charge on any atom is 0.222 e. The Morgan fingerprint density at radius 1 is 1.39 bits per heavy atom. The molecule has 1 aromatic carbocycles. The van der Waals surface area contributed by atoms with Crippen LogP contribution in [0.25, 0.3) is 0 Å². The van der Waals surface area contributed by atoms with Crippen LogP contribution >= 0.6 is 28.3 Å². The maximum absolute atomic E-state index is 12.4. The molecular weight excluding hydrogens is 376 g/mol. The van der Waals surface area contributed by atoms with Gasteiger partial charge in [-0.3, -0.25) is 4.79 Å². The molecule has 0 radical (unpaired) electrons. The van der Waals surface area contributed by atoms with E-state index in [0.29, 0.717) is 18.3 Å². The standard InChI is InChI=1S/C18H27BrN2O.ClH/c1-14(16-4-3-10-20-13-16)12-18(22)21(2)11-9-15-5-7-17(19)8-6-15;/h5-8,14,16,20H,3-4,9-13H2,1-2H3;1H. The van der Waals surface area contributed by atoms with Gasteiger partial charge in [-0.1, -0.05) is 35.0 Å². The number of piperidine rings is 1. The minimum atomic E-state index is 0. The summed E-state index contributed by atoms with van der Waals surface area (Å²) in [6, 6.07) is 8.32. The van der Waals surface area contributed by atoms with Gasteiger partial charge in [-0.25, -0.2) is 0 Å². The molecular formula is C18H28BrClN2O. The number of benzene rings is 1. The second-order valence-electron chi connectivity index (χ2n) is 6.48. The molecule has 1 saturated heterocycles. The fourth-order valence-corrected chi connectivity index (χ4v) is 3.30. The summed E-state index contributed by atoms with van der Waals surface area (Å²) >= 11 is 3.44. The van der Waals surface area contributed by atoms with Crippen LogP contribution in [0.2, 0.25) is 0 Å². The zero-order chi connectivity index (χ0) is 15.9. The van der Waals surface area contributed by atoms with Gasteiger partial charge in [0.1, 0.15) is 0 Å². The molecule has 3 nitrogen and oxygen atoms in total. The van der Waals surface area contributed by atoms with Gasteiger partial charge in [0, 0.05) is 24.5 Å². The topological polar surface area (TPSA) is 32.3 Å². The number of hydrogen-bond acceptors (Lipinski definition) is 2. The molecule has 1 heterocycles. The van der Waals surface area contributed by atoms with Crippen LogP contribution in [-0.2, 0) is 11.2 Å². The summed E-state index contributed by atoms with van der Waals surface area (Å²) in [5.74, 6) is 1.39. The zero-order valence-electron chi connectivity index (χ0n) is 14.1. The van der Waals surface area contributed by atoms with Crippen LogP contribution in [0.3, 0.4) is 0 Å². The van der Waals surface area contributed by atoms with Gasteiger partial charge in [-0.15, -0.1) is 12.4 Å². The Morgan fingerprint density at radius 3 is 2.70 bits per heavy atom. The molecule has 1 aliphatic rings. The summed E-state index contributed by atoms with van der Waals surface area (Å²) in [4.78, 5) is 14.3. The third-order valence-electron chi connectivity index (χ3n) is 4.71. The lowest BCUT2D eigenvalue weighted by Crippen LogP contribution is -2.36. The van der Waals surface area contributed by atoms with Crippen molar-refractivity contribution < 1.29 is 4.79 Å². The van der Waals surface area contributed by atoms with Gasteiger partial charge in [0.2, 0.25) is 5.91 Å². The van der Waals surface area contributed by atoms with Gasteiger partial charge in [0.25, 0.3) is 0 Å². The molecule has 0 bridgehead atoms. The fourth-order valence-electron chi connectivity index (χ4n) is 3.03. The van der Waals surface area contributed by atoms with Gasteiger partial charge in [-0.2, -0.15) is 0 Å². The highest BCUT2D eigenvalue weighted by Gasteiger charge is 2.23. The molecule has 2 unspecified atom stereocenters. The summed E-state index contributed by atoms with van der Waals surface area (Å²) < 4.78 is 1.09. The molecule has 1 aromatic rings. The number of halogens is 2. The summed E-state index contributed by atoms with van der Waals surface area (Å²) in [5, 5.41) is 3.44. The van der Waals surface area contributed by atoms with E-state index in [9.17, 15) is 4.79 Å². The first-order chi connectivity index (χ1) is 10.6. The molecule has 23 heavy (non-hydrogen) atoms. The third kappa shape index (κ3) is 6.82. The van der Waals surface area contributed by atoms with Crippen molar-refractivity contribution in [3.63, 3.8) is 0 Å². The first-order valence-corrected chi connectivity index (χ1v) is 9.04. The normalized spacial score (nSPS) is 18.8. The van der Waals surface area contributed by atoms with E-state index in [1.54, 1.807) is 0 Å². The van der Waals surface area contributed by atoms with E-state index in [2.05, 4.69) is 52.4 Å². The van der Waals surface area contributed by atoms with Crippen molar-refractivity contribution in [2.24, 2.45) is 11.8 Å². The predicted molar refractivity (Wildman–Crippen MR) is 102 cm³/mol. The van der Waals surface area contributed by atoms with Crippen LogP contribution in [0.5, 0.6) is 0 Å². The van der Waals surface area contributed by atoms with Crippen LogP contribution in [0.1, 0.15) is 31.7 Å². The molecule has 2 atom stereocenters. The van der Waals surface area contributed by atoms with Crippen molar-refractivity contribution in [2.75, 3.05) is 26.7 Å². The van der Waals surface area contributed by atoms with E-state index in [-0.39, 0.29) is 18.3 Å². The van der Waals surface area contributed by atoms with Gasteiger partial charge in [-0.05, 0) is 61.9 Å². The van der Waals surface area contributed by atoms with Crippen molar-refractivity contribution >= 4 is 34.2 Å². The van der Waals surface area contributed by atoms with Gasteiger partial charge in [0.15, 0.2) is 0 Å². The van der Waals surface area contributed by atoms with Gasteiger partial charge >= 0.3 is 0 Å². The molecule has 1 amide bonds. The number of carbonyl (C=O) groups is 1. The highest BCUT2D eigenvalue weighted by atomic mass is 79.9. The highest BCUT2D eigenvalue weighted by molar-refractivity contribution is 9.10. The first-order valence-electron chi connectivity index (χ1n) is 8.25. The molecule has 1 aliphatic heterocycles.